The van der Waals surface area contributed by atoms with Crippen molar-refractivity contribution >= 4 is 30.2 Å². The van der Waals surface area contributed by atoms with Gasteiger partial charge in [0.1, 0.15) is 6.69 Å². The van der Waals surface area contributed by atoms with Gasteiger partial charge in [-0.1, -0.05) is 19.6 Å². The quantitative estimate of drug-likeness (QED) is 0.382. The molecular weight excluding hydrogens is 223 g/mol. The first-order valence-corrected chi connectivity index (χ1v) is 9.19. The molecule has 0 saturated carbocycles. The Morgan fingerprint density at radius 3 is 1.33 bits per heavy atom. The van der Waals surface area contributed by atoms with Crippen molar-refractivity contribution in [1.82, 2.24) is 0 Å². The summed E-state index contributed by atoms with van der Waals surface area (Å²) in [5.74, 6) is 0. The van der Waals surface area contributed by atoms with Crippen LogP contribution in [0, 0.1) is 0 Å². The molecule has 0 aromatic heterocycles. The predicted molar refractivity (Wildman–Crippen MR) is 44.3 cm³/mol. The van der Waals surface area contributed by atoms with Crippen LogP contribution < -0.4 is 0 Å². The van der Waals surface area contributed by atoms with Crippen molar-refractivity contribution in [3.8, 4) is 0 Å². The molecule has 0 radical (unpaired) electrons. The van der Waals surface area contributed by atoms with Gasteiger partial charge in [-0.2, -0.15) is 0 Å². The lowest BCUT2D eigenvalue weighted by molar-refractivity contribution is 0.405. The van der Waals surface area contributed by atoms with Crippen molar-refractivity contribution in [2.75, 3.05) is 0 Å². The Hall–Kier alpha value is 0.717. The van der Waals surface area contributed by atoms with E-state index in [9.17, 15) is 0 Å². The molecule has 3 nitrogen and oxygen atoms in total. The Morgan fingerprint density at radius 1 is 1.33 bits per heavy atom. The highest BCUT2D eigenvalue weighted by molar-refractivity contribution is 9.26. The van der Waals surface area contributed by atoms with Crippen LogP contribution in [0.4, 0.5) is 0 Å². The smallest absolute Gasteiger partial charge is 0.134 e. The molecule has 0 aromatic rings. The lowest BCUT2D eigenvalue weighted by Crippen LogP contribution is -2.05. The molecule has 0 aliphatic rings. The minimum Gasteiger partial charge on any atom is -0.134 e. The molecule has 0 amide bonds. The SMILES string of the molecule is C[Si](C)(C)Br.O=[P+](O)O. The summed E-state index contributed by atoms with van der Waals surface area (Å²) in [7, 11) is -2.87. The Labute approximate surface area is 64.6 Å². The third-order valence-corrected chi connectivity index (χ3v) is 0. The molecule has 0 spiro atoms. The first-order valence-electron chi connectivity index (χ1n) is 2.27. The zero-order valence-electron chi connectivity index (χ0n) is 5.63. The Morgan fingerprint density at radius 2 is 1.33 bits per heavy atom. The average Bonchev–Trinajstić information content (AvgIpc) is 1.19. The van der Waals surface area contributed by atoms with E-state index in [1.165, 1.54) is 0 Å². The first-order chi connectivity index (χ1) is 3.73. The molecule has 0 atom stereocenters. The zero-order valence-corrected chi connectivity index (χ0v) is 9.11. The lowest BCUT2D eigenvalue weighted by atomic mass is 11.8. The van der Waals surface area contributed by atoms with E-state index in [4.69, 9.17) is 14.4 Å². The lowest BCUT2D eigenvalue weighted by Gasteiger charge is -1.98. The summed E-state index contributed by atoms with van der Waals surface area (Å²) in [5.41, 5.74) is 0. The Kier molecular flexibility index (Phi) is 7.57. The topological polar surface area (TPSA) is 57.5 Å². The summed E-state index contributed by atoms with van der Waals surface area (Å²) >= 11 is 3.51. The number of halogens is 1. The number of hydrogen-bond acceptors (Lipinski definition) is 1. The van der Waals surface area contributed by atoms with E-state index in [-0.39, 0.29) is 0 Å². The fourth-order valence-corrected chi connectivity index (χ4v) is 0. The summed E-state index contributed by atoms with van der Waals surface area (Å²) in [6.07, 6.45) is 0. The van der Waals surface area contributed by atoms with Crippen LogP contribution in [0.15, 0.2) is 0 Å². The van der Waals surface area contributed by atoms with Gasteiger partial charge >= 0.3 is 8.25 Å². The van der Waals surface area contributed by atoms with Crippen LogP contribution in [0.2, 0.25) is 19.6 Å². The molecule has 0 heterocycles. The molecule has 0 rings (SSSR count). The van der Waals surface area contributed by atoms with Crippen LogP contribution in [0.3, 0.4) is 0 Å². The Bertz CT molecular complexity index is 81.5. The molecule has 9 heavy (non-hydrogen) atoms. The second-order valence-corrected chi connectivity index (χ2v) is 14.1. The van der Waals surface area contributed by atoms with Crippen LogP contribution >= 0.6 is 23.5 Å². The van der Waals surface area contributed by atoms with E-state index in [2.05, 4.69) is 34.9 Å². The molecule has 0 aliphatic heterocycles. The predicted octanol–water partition coefficient (Wildman–Crippen LogP) is 1.84. The summed E-state index contributed by atoms with van der Waals surface area (Å²) in [6, 6.07) is 0. The first kappa shape index (κ1) is 12.4. The number of rotatable bonds is 0. The summed E-state index contributed by atoms with van der Waals surface area (Å²) < 4.78 is 8.70. The minimum absolute atomic E-state index is 0.799. The van der Waals surface area contributed by atoms with Crippen LogP contribution in [0.1, 0.15) is 0 Å². The van der Waals surface area contributed by atoms with Crippen molar-refractivity contribution in [3.63, 3.8) is 0 Å². The van der Waals surface area contributed by atoms with Gasteiger partial charge in [0, 0.05) is 4.57 Å². The van der Waals surface area contributed by atoms with Gasteiger partial charge in [-0.15, -0.1) is 25.1 Å². The van der Waals surface area contributed by atoms with E-state index >= 15 is 0 Å². The van der Waals surface area contributed by atoms with Gasteiger partial charge in [0.25, 0.3) is 0 Å². The van der Waals surface area contributed by atoms with E-state index in [1.807, 2.05) is 0 Å². The highest BCUT2D eigenvalue weighted by Crippen LogP contribution is 2.07. The fourth-order valence-electron chi connectivity index (χ4n) is 0. The highest BCUT2D eigenvalue weighted by Gasteiger charge is 2.03. The van der Waals surface area contributed by atoms with Gasteiger partial charge in [0.2, 0.25) is 0 Å². The van der Waals surface area contributed by atoms with Gasteiger partial charge in [-0.05, 0) is 0 Å². The summed E-state index contributed by atoms with van der Waals surface area (Å²) in [6.45, 7) is 5.93. The van der Waals surface area contributed by atoms with Gasteiger partial charge in [0.05, 0.1) is 0 Å². The maximum Gasteiger partial charge on any atom is 0.692 e. The van der Waals surface area contributed by atoms with Gasteiger partial charge < -0.3 is 0 Å². The van der Waals surface area contributed by atoms with Crippen molar-refractivity contribution in [2.45, 2.75) is 19.6 Å². The van der Waals surface area contributed by atoms with Crippen LogP contribution in [-0.4, -0.2) is 16.5 Å². The monoisotopic (exact) mass is 233 g/mol. The third kappa shape index (κ3) is 765. The maximum atomic E-state index is 8.70. The van der Waals surface area contributed by atoms with Crippen molar-refractivity contribution in [1.29, 1.82) is 0 Å². The Balaban J connectivity index is 0. The van der Waals surface area contributed by atoms with Crippen molar-refractivity contribution in [3.05, 3.63) is 0 Å². The minimum atomic E-state index is -2.87. The zero-order chi connectivity index (χ0) is 8.08. The second kappa shape index (κ2) is 5.50. The van der Waals surface area contributed by atoms with Crippen LogP contribution in [0.25, 0.3) is 0 Å². The fraction of sp³-hybridized carbons (Fsp3) is 1.00. The van der Waals surface area contributed by atoms with Crippen molar-refractivity contribution < 1.29 is 14.4 Å². The van der Waals surface area contributed by atoms with Crippen molar-refractivity contribution in [2.24, 2.45) is 0 Å². The molecule has 2 N–H and O–H groups in total. The van der Waals surface area contributed by atoms with E-state index in [0.717, 1.165) is 0 Å². The molecule has 0 unspecified atom stereocenters. The third-order valence-electron chi connectivity index (χ3n) is 0. The molecule has 0 bridgehead atoms. The van der Waals surface area contributed by atoms with Crippen LogP contribution in [0.5, 0.6) is 0 Å². The standard InChI is InChI=1S/C3H9BrSi.HO3P/c1-5(2,3)4;1-4(2)3/h1-3H3;(H-,1,2,3)/p+1. The summed E-state index contributed by atoms with van der Waals surface area (Å²) in [5, 5.41) is 0. The molecule has 0 aliphatic carbocycles. The van der Waals surface area contributed by atoms with Crippen LogP contribution in [-0.2, 0) is 4.57 Å². The molecule has 0 saturated heterocycles. The molecule has 0 aromatic carbocycles. The van der Waals surface area contributed by atoms with E-state index in [0.29, 0.717) is 0 Å². The molecule has 56 valence electrons. The average molecular weight is 234 g/mol. The highest BCUT2D eigenvalue weighted by atomic mass is 79.9. The van der Waals surface area contributed by atoms with Gasteiger partial charge in [0.15, 0.2) is 0 Å². The van der Waals surface area contributed by atoms with E-state index in [1.54, 1.807) is 0 Å². The van der Waals surface area contributed by atoms with Gasteiger partial charge in [-0.25, -0.2) is 0 Å². The number of hydrogen-bond donors (Lipinski definition) is 2. The van der Waals surface area contributed by atoms with Gasteiger partial charge in [-0.3, -0.25) is 0 Å². The summed E-state index contributed by atoms with van der Waals surface area (Å²) in [4.78, 5) is 14.2. The second-order valence-electron chi connectivity index (χ2n) is 2.32. The molecule has 6 heteroatoms. The largest absolute Gasteiger partial charge is 0.692 e. The normalized spacial score (nSPS) is 9.56. The van der Waals surface area contributed by atoms with E-state index < -0.39 is 14.9 Å². The molecular formula is C3H11BrO3PSi+. The maximum absolute atomic E-state index is 8.70. The molecule has 0 fully saturated rings.